The van der Waals surface area contributed by atoms with E-state index in [9.17, 15) is 0 Å². The quantitative estimate of drug-likeness (QED) is 0.328. The summed E-state index contributed by atoms with van der Waals surface area (Å²) in [6, 6.07) is 9.01. The van der Waals surface area contributed by atoms with E-state index in [0.717, 1.165) is 28.0 Å². The van der Waals surface area contributed by atoms with Crippen LogP contribution < -0.4 is 0 Å². The fourth-order valence-electron chi connectivity index (χ4n) is 2.73. The number of halogens is 2. The van der Waals surface area contributed by atoms with Crippen LogP contribution in [0.4, 0.5) is 0 Å². The van der Waals surface area contributed by atoms with Crippen LogP contribution in [0, 0.1) is 0 Å². The average molecular weight is 387 g/mol. The molecule has 3 aromatic heterocycles. The zero-order valence-electron chi connectivity index (χ0n) is 13.3. The Kier molecular flexibility index (Phi) is 4.32. The third-order valence-electron chi connectivity index (χ3n) is 3.90. The molecule has 0 saturated carbocycles. The van der Waals surface area contributed by atoms with Crippen molar-refractivity contribution < 1.29 is 5.21 Å². The Morgan fingerprint density at radius 3 is 2.85 bits per heavy atom. The molecule has 0 aliphatic carbocycles. The molecule has 7 nitrogen and oxygen atoms in total. The van der Waals surface area contributed by atoms with Crippen molar-refractivity contribution in [3.05, 3.63) is 70.2 Å². The predicted molar refractivity (Wildman–Crippen MR) is 99.6 cm³/mol. The predicted octanol–water partition coefficient (Wildman–Crippen LogP) is 3.78. The van der Waals surface area contributed by atoms with E-state index in [1.165, 1.54) is 6.21 Å². The normalized spacial score (nSPS) is 11.6. The summed E-state index contributed by atoms with van der Waals surface area (Å²) in [4.78, 5) is 4.40. The lowest BCUT2D eigenvalue weighted by Gasteiger charge is -2.02. The molecule has 3 heterocycles. The molecule has 4 rings (SSSR count). The summed E-state index contributed by atoms with van der Waals surface area (Å²) in [7, 11) is 0. The first-order valence-electron chi connectivity index (χ1n) is 7.63. The van der Waals surface area contributed by atoms with Crippen molar-refractivity contribution in [2.24, 2.45) is 5.16 Å². The van der Waals surface area contributed by atoms with E-state index in [2.05, 4.69) is 20.5 Å². The summed E-state index contributed by atoms with van der Waals surface area (Å²) in [5.74, 6) is 0. The molecule has 0 spiro atoms. The number of pyridine rings is 1. The van der Waals surface area contributed by atoms with Crippen LogP contribution in [0.5, 0.6) is 0 Å². The van der Waals surface area contributed by atoms with Gasteiger partial charge in [0.1, 0.15) is 11.3 Å². The summed E-state index contributed by atoms with van der Waals surface area (Å²) in [5.41, 5.74) is 3.05. The Bertz CT molecular complexity index is 1120. The molecule has 0 saturated heterocycles. The van der Waals surface area contributed by atoms with Crippen LogP contribution in [0.15, 0.2) is 54.1 Å². The second-order valence-electron chi connectivity index (χ2n) is 5.58. The third kappa shape index (κ3) is 3.02. The van der Waals surface area contributed by atoms with Gasteiger partial charge < -0.3 is 9.77 Å². The molecular formula is C17H12Cl2N6O. The van der Waals surface area contributed by atoms with Gasteiger partial charge in [0.15, 0.2) is 0 Å². The second kappa shape index (κ2) is 6.78. The molecule has 26 heavy (non-hydrogen) atoms. The summed E-state index contributed by atoms with van der Waals surface area (Å²) >= 11 is 12.0. The van der Waals surface area contributed by atoms with Crippen LogP contribution in [-0.2, 0) is 6.54 Å². The number of aromatic nitrogens is 5. The van der Waals surface area contributed by atoms with E-state index in [0.29, 0.717) is 16.6 Å². The number of benzene rings is 1. The molecule has 1 N–H and O–H groups in total. The average Bonchev–Trinajstić information content (AvgIpc) is 3.24. The molecule has 1 aromatic carbocycles. The van der Waals surface area contributed by atoms with E-state index in [4.69, 9.17) is 28.4 Å². The third-order valence-corrected chi connectivity index (χ3v) is 4.64. The SMILES string of the molecule is O/N=C/c1cn(Cc2cn(-c3ccc(Cl)c(Cl)c3)nn2)c2ncccc12. The van der Waals surface area contributed by atoms with Crippen LogP contribution in [0.25, 0.3) is 16.7 Å². The second-order valence-corrected chi connectivity index (χ2v) is 6.40. The lowest BCUT2D eigenvalue weighted by molar-refractivity contribution is 0.322. The summed E-state index contributed by atoms with van der Waals surface area (Å²) < 4.78 is 3.56. The maximum absolute atomic E-state index is 8.84. The largest absolute Gasteiger partial charge is 0.411 e. The summed E-state index contributed by atoms with van der Waals surface area (Å²) in [6.07, 6.45) is 6.77. The van der Waals surface area contributed by atoms with Crippen LogP contribution in [-0.4, -0.2) is 36.0 Å². The molecule has 0 atom stereocenters. The van der Waals surface area contributed by atoms with E-state index >= 15 is 0 Å². The van der Waals surface area contributed by atoms with Crippen molar-refractivity contribution in [3.8, 4) is 5.69 Å². The van der Waals surface area contributed by atoms with Gasteiger partial charge in [0.25, 0.3) is 0 Å². The molecule has 0 unspecified atom stereocenters. The highest BCUT2D eigenvalue weighted by atomic mass is 35.5. The van der Waals surface area contributed by atoms with Gasteiger partial charge in [0.05, 0.1) is 34.7 Å². The van der Waals surface area contributed by atoms with Gasteiger partial charge in [-0.2, -0.15) is 0 Å². The standard InChI is InChI=1S/C17H12Cl2N6O/c18-15-4-3-13(6-16(15)19)25-10-12(22-23-25)9-24-8-11(7-21-26)14-2-1-5-20-17(14)24/h1-8,10,26H,9H2/b21-7+. The highest BCUT2D eigenvalue weighted by molar-refractivity contribution is 6.42. The molecular weight excluding hydrogens is 375 g/mol. The zero-order valence-corrected chi connectivity index (χ0v) is 14.8. The number of rotatable bonds is 4. The summed E-state index contributed by atoms with van der Waals surface area (Å²) in [5, 5.41) is 22.1. The van der Waals surface area contributed by atoms with Crippen molar-refractivity contribution in [2.45, 2.75) is 6.54 Å². The molecule has 9 heteroatoms. The molecule has 4 aromatic rings. The molecule has 0 aliphatic heterocycles. The maximum Gasteiger partial charge on any atom is 0.140 e. The van der Waals surface area contributed by atoms with Crippen molar-refractivity contribution in [3.63, 3.8) is 0 Å². The number of hydrogen-bond acceptors (Lipinski definition) is 5. The van der Waals surface area contributed by atoms with Gasteiger partial charge >= 0.3 is 0 Å². The van der Waals surface area contributed by atoms with Crippen molar-refractivity contribution in [1.29, 1.82) is 0 Å². The Morgan fingerprint density at radius 1 is 1.15 bits per heavy atom. The van der Waals surface area contributed by atoms with Gasteiger partial charge in [-0.1, -0.05) is 33.6 Å². The van der Waals surface area contributed by atoms with E-state index in [-0.39, 0.29) is 0 Å². The van der Waals surface area contributed by atoms with Gasteiger partial charge in [-0.15, -0.1) is 5.10 Å². The molecule has 0 radical (unpaired) electrons. The highest BCUT2D eigenvalue weighted by Crippen LogP contribution is 2.24. The number of fused-ring (bicyclic) bond motifs is 1. The molecule has 130 valence electrons. The maximum atomic E-state index is 8.84. The van der Waals surface area contributed by atoms with Crippen LogP contribution in [0.2, 0.25) is 10.0 Å². The Morgan fingerprint density at radius 2 is 2.04 bits per heavy atom. The van der Waals surface area contributed by atoms with Crippen LogP contribution in [0.1, 0.15) is 11.3 Å². The first-order chi connectivity index (χ1) is 12.7. The number of hydrogen-bond donors (Lipinski definition) is 1. The Labute approximate surface area is 158 Å². The Balaban J connectivity index is 1.67. The van der Waals surface area contributed by atoms with Crippen LogP contribution >= 0.6 is 23.2 Å². The lowest BCUT2D eigenvalue weighted by Crippen LogP contribution is -1.99. The van der Waals surface area contributed by atoms with Gasteiger partial charge in [-0.3, -0.25) is 0 Å². The zero-order chi connectivity index (χ0) is 18.1. The first kappa shape index (κ1) is 16.6. The minimum atomic E-state index is 0.453. The van der Waals surface area contributed by atoms with Gasteiger partial charge in [-0.05, 0) is 30.3 Å². The van der Waals surface area contributed by atoms with Crippen molar-refractivity contribution >= 4 is 40.4 Å². The van der Waals surface area contributed by atoms with Crippen molar-refractivity contribution in [1.82, 2.24) is 24.5 Å². The molecule has 0 bridgehead atoms. The number of oxime groups is 1. The van der Waals surface area contributed by atoms with E-state index in [1.54, 1.807) is 23.0 Å². The smallest absolute Gasteiger partial charge is 0.140 e. The summed E-state index contributed by atoms with van der Waals surface area (Å²) in [6.45, 7) is 0.466. The fraction of sp³-hybridized carbons (Fsp3) is 0.0588. The van der Waals surface area contributed by atoms with E-state index < -0.39 is 0 Å². The number of nitrogens with zero attached hydrogens (tertiary/aromatic N) is 6. The van der Waals surface area contributed by atoms with Gasteiger partial charge in [0.2, 0.25) is 0 Å². The lowest BCUT2D eigenvalue weighted by atomic mass is 10.2. The molecule has 0 amide bonds. The first-order valence-corrected chi connectivity index (χ1v) is 8.39. The van der Waals surface area contributed by atoms with Crippen LogP contribution in [0.3, 0.4) is 0 Å². The topological polar surface area (TPSA) is 81.1 Å². The molecule has 0 aliphatic rings. The molecule has 0 fully saturated rings. The van der Waals surface area contributed by atoms with Gasteiger partial charge in [0, 0.05) is 23.3 Å². The van der Waals surface area contributed by atoms with E-state index in [1.807, 2.05) is 35.2 Å². The van der Waals surface area contributed by atoms with Gasteiger partial charge in [-0.25, -0.2) is 9.67 Å². The monoisotopic (exact) mass is 386 g/mol. The minimum Gasteiger partial charge on any atom is -0.411 e. The Hall–Kier alpha value is -2.90. The fourth-order valence-corrected chi connectivity index (χ4v) is 3.03. The minimum absolute atomic E-state index is 0.453. The highest BCUT2D eigenvalue weighted by Gasteiger charge is 2.11. The van der Waals surface area contributed by atoms with Crippen molar-refractivity contribution in [2.75, 3.05) is 0 Å².